The van der Waals surface area contributed by atoms with Gasteiger partial charge >= 0.3 is 0 Å². The number of hydrogen-bond donors (Lipinski definition) is 0. The van der Waals surface area contributed by atoms with Crippen molar-refractivity contribution in [3.63, 3.8) is 0 Å². The van der Waals surface area contributed by atoms with Crippen LogP contribution in [0.3, 0.4) is 0 Å². The Bertz CT molecular complexity index is 286. The van der Waals surface area contributed by atoms with Gasteiger partial charge < -0.3 is 4.90 Å². The maximum Gasteiger partial charge on any atom is 0.0365 e. The molecule has 0 aromatic rings. The van der Waals surface area contributed by atoms with Crippen LogP contribution < -0.4 is 0 Å². The lowest BCUT2D eigenvalue weighted by Gasteiger charge is -2.51. The molecule has 2 aliphatic rings. The first kappa shape index (κ1) is 9.82. The fourth-order valence-electron chi connectivity index (χ4n) is 2.65. The highest BCUT2D eigenvalue weighted by Gasteiger charge is 2.40. The molecular weight excluding hydrogens is 170 g/mol. The smallest absolute Gasteiger partial charge is 0.0365 e. The SMILES string of the molecule is CC1CC2CC=CC=C2N(C)C1(C)C. The first-order chi connectivity index (χ1) is 6.53. The highest BCUT2D eigenvalue weighted by molar-refractivity contribution is 5.24. The largest absolute Gasteiger partial charge is 0.372 e. The number of hydrogen-bond acceptors (Lipinski definition) is 1. The number of piperidine rings is 1. The van der Waals surface area contributed by atoms with Crippen molar-refractivity contribution in [2.45, 2.75) is 39.2 Å². The molecule has 1 heteroatoms. The maximum atomic E-state index is 2.48. The average Bonchev–Trinajstić information content (AvgIpc) is 2.15. The van der Waals surface area contributed by atoms with Crippen LogP contribution in [0.5, 0.6) is 0 Å². The highest BCUT2D eigenvalue weighted by atomic mass is 15.2. The Morgan fingerprint density at radius 3 is 2.86 bits per heavy atom. The molecule has 0 aromatic carbocycles. The summed E-state index contributed by atoms with van der Waals surface area (Å²) in [5.41, 5.74) is 1.85. The van der Waals surface area contributed by atoms with Crippen molar-refractivity contribution in [2.24, 2.45) is 11.8 Å². The van der Waals surface area contributed by atoms with Crippen molar-refractivity contribution in [1.82, 2.24) is 4.90 Å². The Morgan fingerprint density at radius 1 is 1.43 bits per heavy atom. The third-order valence-corrected chi connectivity index (χ3v) is 4.34. The van der Waals surface area contributed by atoms with Gasteiger partial charge in [-0.1, -0.05) is 19.1 Å². The zero-order chi connectivity index (χ0) is 10.3. The molecule has 0 radical (unpaired) electrons. The first-order valence-corrected chi connectivity index (χ1v) is 5.64. The molecule has 1 aliphatic carbocycles. The lowest BCUT2D eigenvalue weighted by molar-refractivity contribution is 0.0639. The third-order valence-electron chi connectivity index (χ3n) is 4.34. The number of rotatable bonds is 0. The van der Waals surface area contributed by atoms with E-state index in [0.717, 1.165) is 11.8 Å². The zero-order valence-electron chi connectivity index (χ0n) is 9.75. The molecule has 0 aromatic heterocycles. The lowest BCUT2D eigenvalue weighted by Crippen LogP contribution is -2.51. The van der Waals surface area contributed by atoms with Gasteiger partial charge in [-0.05, 0) is 38.7 Å². The summed E-state index contributed by atoms with van der Waals surface area (Å²) in [4.78, 5) is 2.48. The van der Waals surface area contributed by atoms with Gasteiger partial charge in [-0.2, -0.15) is 0 Å². The number of allylic oxidation sites excluding steroid dienone is 4. The summed E-state index contributed by atoms with van der Waals surface area (Å²) in [6.45, 7) is 7.09. The second-order valence-corrected chi connectivity index (χ2v) is 5.30. The maximum absolute atomic E-state index is 2.48. The van der Waals surface area contributed by atoms with Crippen molar-refractivity contribution in [2.75, 3.05) is 7.05 Å². The van der Waals surface area contributed by atoms with Gasteiger partial charge in [-0.25, -0.2) is 0 Å². The predicted octanol–water partition coefficient (Wildman–Crippen LogP) is 3.20. The molecule has 0 amide bonds. The monoisotopic (exact) mass is 191 g/mol. The van der Waals surface area contributed by atoms with Crippen LogP contribution in [-0.4, -0.2) is 17.5 Å². The van der Waals surface area contributed by atoms with E-state index < -0.39 is 0 Å². The summed E-state index contributed by atoms with van der Waals surface area (Å²) in [6.07, 6.45) is 9.37. The first-order valence-electron chi connectivity index (χ1n) is 5.64. The van der Waals surface area contributed by atoms with Crippen LogP contribution >= 0.6 is 0 Å². The molecule has 0 N–H and O–H groups in total. The molecule has 14 heavy (non-hydrogen) atoms. The summed E-state index contributed by atoms with van der Waals surface area (Å²) in [6, 6.07) is 0. The molecule has 0 bridgehead atoms. The van der Waals surface area contributed by atoms with E-state index in [9.17, 15) is 0 Å². The molecule has 78 valence electrons. The van der Waals surface area contributed by atoms with E-state index in [1.807, 2.05) is 0 Å². The minimum Gasteiger partial charge on any atom is -0.372 e. The fraction of sp³-hybridized carbons (Fsp3) is 0.692. The molecule has 1 saturated heterocycles. The zero-order valence-corrected chi connectivity index (χ0v) is 9.75. The Morgan fingerprint density at radius 2 is 2.14 bits per heavy atom. The van der Waals surface area contributed by atoms with Crippen LogP contribution in [0.25, 0.3) is 0 Å². The Balaban J connectivity index is 2.32. The van der Waals surface area contributed by atoms with Gasteiger partial charge in [0.15, 0.2) is 0 Å². The van der Waals surface area contributed by atoms with Gasteiger partial charge in [0.1, 0.15) is 0 Å². The van der Waals surface area contributed by atoms with Crippen LogP contribution in [0.2, 0.25) is 0 Å². The van der Waals surface area contributed by atoms with E-state index in [2.05, 4.69) is 50.9 Å². The van der Waals surface area contributed by atoms with E-state index in [-0.39, 0.29) is 0 Å². The molecule has 1 heterocycles. The second-order valence-electron chi connectivity index (χ2n) is 5.30. The molecule has 2 rings (SSSR count). The Kier molecular flexibility index (Phi) is 2.21. The molecular formula is C13H21N. The van der Waals surface area contributed by atoms with Crippen LogP contribution in [0.4, 0.5) is 0 Å². The van der Waals surface area contributed by atoms with Gasteiger partial charge in [0.2, 0.25) is 0 Å². The van der Waals surface area contributed by atoms with Crippen molar-refractivity contribution in [3.8, 4) is 0 Å². The lowest BCUT2D eigenvalue weighted by atomic mass is 9.73. The van der Waals surface area contributed by atoms with Gasteiger partial charge in [0, 0.05) is 24.2 Å². The highest BCUT2D eigenvalue weighted by Crippen LogP contribution is 2.42. The second kappa shape index (κ2) is 3.15. The summed E-state index contributed by atoms with van der Waals surface area (Å²) in [5, 5.41) is 0. The Hall–Kier alpha value is -0.720. The molecule has 1 nitrogen and oxygen atoms in total. The predicted molar refractivity (Wildman–Crippen MR) is 61.0 cm³/mol. The molecule has 0 spiro atoms. The summed E-state index contributed by atoms with van der Waals surface area (Å²) in [5.74, 6) is 1.55. The summed E-state index contributed by atoms with van der Waals surface area (Å²) in [7, 11) is 2.24. The molecule has 1 aliphatic heterocycles. The van der Waals surface area contributed by atoms with E-state index in [0.29, 0.717) is 5.54 Å². The van der Waals surface area contributed by atoms with E-state index in [1.165, 1.54) is 18.5 Å². The van der Waals surface area contributed by atoms with Gasteiger partial charge in [0.05, 0.1) is 0 Å². The number of fused-ring (bicyclic) bond motifs is 1. The number of nitrogens with zero attached hydrogens (tertiary/aromatic N) is 1. The quantitative estimate of drug-likeness (QED) is 0.568. The van der Waals surface area contributed by atoms with Crippen molar-refractivity contribution >= 4 is 0 Å². The van der Waals surface area contributed by atoms with Crippen molar-refractivity contribution in [3.05, 3.63) is 23.9 Å². The number of likely N-dealkylation sites (tertiary alicyclic amines) is 1. The van der Waals surface area contributed by atoms with E-state index >= 15 is 0 Å². The van der Waals surface area contributed by atoms with Crippen LogP contribution in [0.1, 0.15) is 33.6 Å². The minimum absolute atomic E-state index is 0.313. The van der Waals surface area contributed by atoms with E-state index in [1.54, 1.807) is 0 Å². The van der Waals surface area contributed by atoms with Crippen LogP contribution in [0, 0.1) is 11.8 Å². The Labute approximate surface area is 87.5 Å². The molecule has 0 saturated carbocycles. The summed E-state index contributed by atoms with van der Waals surface area (Å²) < 4.78 is 0. The molecule has 2 unspecified atom stereocenters. The van der Waals surface area contributed by atoms with E-state index in [4.69, 9.17) is 0 Å². The minimum atomic E-state index is 0.313. The van der Waals surface area contributed by atoms with Gasteiger partial charge in [-0.3, -0.25) is 0 Å². The topological polar surface area (TPSA) is 3.24 Å². The standard InChI is InChI=1S/C13H21N/c1-10-9-11-7-5-6-8-12(11)14(4)13(10,2)3/h5-6,8,10-11H,7,9H2,1-4H3. The molecule has 1 fully saturated rings. The average molecular weight is 191 g/mol. The normalized spacial score (nSPS) is 35.1. The third kappa shape index (κ3) is 1.30. The van der Waals surface area contributed by atoms with Crippen LogP contribution in [-0.2, 0) is 0 Å². The fourth-order valence-corrected chi connectivity index (χ4v) is 2.65. The molecule has 2 atom stereocenters. The van der Waals surface area contributed by atoms with Crippen molar-refractivity contribution < 1.29 is 0 Å². The van der Waals surface area contributed by atoms with Crippen molar-refractivity contribution in [1.29, 1.82) is 0 Å². The van der Waals surface area contributed by atoms with Crippen LogP contribution in [0.15, 0.2) is 23.9 Å². The van der Waals surface area contributed by atoms with Gasteiger partial charge in [0.25, 0.3) is 0 Å². The van der Waals surface area contributed by atoms with Gasteiger partial charge in [-0.15, -0.1) is 0 Å². The summed E-state index contributed by atoms with van der Waals surface area (Å²) >= 11 is 0.